The number of anilines is 1. The van der Waals surface area contributed by atoms with Crippen molar-refractivity contribution in [3.8, 4) is 5.75 Å². The molecule has 182 valence electrons. The molecule has 0 radical (unpaired) electrons. The van der Waals surface area contributed by atoms with Crippen LogP contribution in [0.2, 0.25) is 5.02 Å². The average molecular weight is 523 g/mol. The van der Waals surface area contributed by atoms with Crippen molar-refractivity contribution in [2.45, 2.75) is 24.0 Å². The summed E-state index contributed by atoms with van der Waals surface area (Å²) in [6, 6.07) is 16.2. The molecule has 0 aliphatic heterocycles. The Hall–Kier alpha value is -2.62. The molecule has 0 saturated heterocycles. The van der Waals surface area contributed by atoms with Crippen molar-refractivity contribution in [2.24, 2.45) is 0 Å². The lowest BCUT2D eigenvalue weighted by Gasteiger charge is -2.24. The molecule has 0 fully saturated rings. The van der Waals surface area contributed by atoms with Gasteiger partial charge in [-0.2, -0.15) is 11.8 Å². The molecular formula is C24H27ClN2O5S2. The molecule has 0 aliphatic carbocycles. The Morgan fingerprint density at radius 3 is 2.50 bits per heavy atom. The Bertz CT molecular complexity index is 1140. The first-order valence-electron chi connectivity index (χ1n) is 10.8. The van der Waals surface area contributed by atoms with Gasteiger partial charge in [-0.1, -0.05) is 11.6 Å². The second-order valence-electron chi connectivity index (χ2n) is 7.23. The van der Waals surface area contributed by atoms with Gasteiger partial charge in [0.1, 0.15) is 18.1 Å². The fourth-order valence-electron chi connectivity index (χ4n) is 3.08. The Labute approximate surface area is 209 Å². The SMILES string of the molecule is CCOc1ccc(N(CC(=O)NCCCSCc2ccco2)S(=O)(=O)c2ccc(Cl)cc2)cc1. The lowest BCUT2D eigenvalue weighted by Crippen LogP contribution is -2.41. The molecule has 0 unspecified atom stereocenters. The maximum atomic E-state index is 13.4. The van der Waals surface area contributed by atoms with Crippen LogP contribution in [-0.4, -0.2) is 39.8 Å². The minimum absolute atomic E-state index is 0.0490. The van der Waals surface area contributed by atoms with Crippen LogP contribution in [0, 0.1) is 0 Å². The number of sulfonamides is 1. The Balaban J connectivity index is 1.64. The van der Waals surface area contributed by atoms with Crippen molar-refractivity contribution in [3.63, 3.8) is 0 Å². The van der Waals surface area contributed by atoms with Crippen molar-refractivity contribution >= 4 is 45.0 Å². The summed E-state index contributed by atoms with van der Waals surface area (Å²) in [5, 5.41) is 3.24. The van der Waals surface area contributed by atoms with Gasteiger partial charge in [-0.05, 0) is 79.8 Å². The smallest absolute Gasteiger partial charge is 0.264 e. The second-order valence-corrected chi connectivity index (χ2v) is 10.6. The van der Waals surface area contributed by atoms with Crippen molar-refractivity contribution in [1.82, 2.24) is 5.32 Å². The van der Waals surface area contributed by atoms with E-state index in [4.69, 9.17) is 20.8 Å². The zero-order valence-corrected chi connectivity index (χ0v) is 21.2. The van der Waals surface area contributed by atoms with E-state index in [1.807, 2.05) is 19.1 Å². The number of halogens is 1. The van der Waals surface area contributed by atoms with E-state index in [0.717, 1.165) is 28.0 Å². The summed E-state index contributed by atoms with van der Waals surface area (Å²) in [5.41, 5.74) is 0.363. The second kappa shape index (κ2) is 12.7. The minimum Gasteiger partial charge on any atom is -0.494 e. The van der Waals surface area contributed by atoms with E-state index in [0.29, 0.717) is 29.6 Å². The van der Waals surface area contributed by atoms with Crippen molar-refractivity contribution < 1.29 is 22.4 Å². The van der Waals surface area contributed by atoms with Crippen LogP contribution in [-0.2, 0) is 20.6 Å². The van der Waals surface area contributed by atoms with Gasteiger partial charge in [0.05, 0.1) is 29.2 Å². The van der Waals surface area contributed by atoms with Gasteiger partial charge in [-0.15, -0.1) is 0 Å². The number of carbonyl (C=O) groups excluding carboxylic acids is 1. The molecule has 0 spiro atoms. The van der Waals surface area contributed by atoms with Crippen LogP contribution >= 0.6 is 23.4 Å². The normalized spacial score (nSPS) is 11.2. The van der Waals surface area contributed by atoms with Gasteiger partial charge < -0.3 is 14.5 Å². The van der Waals surface area contributed by atoms with Crippen LogP contribution in [0.5, 0.6) is 5.75 Å². The van der Waals surface area contributed by atoms with Gasteiger partial charge in [0.25, 0.3) is 10.0 Å². The molecule has 1 heterocycles. The number of rotatable bonds is 13. The summed E-state index contributed by atoms with van der Waals surface area (Å²) >= 11 is 7.63. The third-order valence-electron chi connectivity index (χ3n) is 4.74. The number of carbonyl (C=O) groups is 1. The Morgan fingerprint density at radius 2 is 1.85 bits per heavy atom. The highest BCUT2D eigenvalue weighted by molar-refractivity contribution is 7.98. The molecular weight excluding hydrogens is 496 g/mol. The number of furan rings is 1. The number of thioether (sulfide) groups is 1. The third-order valence-corrected chi connectivity index (χ3v) is 7.84. The zero-order chi connectivity index (χ0) is 24.4. The van der Waals surface area contributed by atoms with Crippen LogP contribution < -0.4 is 14.4 Å². The van der Waals surface area contributed by atoms with E-state index in [-0.39, 0.29) is 17.3 Å². The number of benzene rings is 2. The molecule has 1 aromatic heterocycles. The number of nitrogens with one attached hydrogen (secondary N) is 1. The highest BCUT2D eigenvalue weighted by atomic mass is 35.5. The highest BCUT2D eigenvalue weighted by Gasteiger charge is 2.27. The fraction of sp³-hybridized carbons (Fsp3) is 0.292. The predicted octanol–water partition coefficient (Wildman–Crippen LogP) is 4.97. The summed E-state index contributed by atoms with van der Waals surface area (Å²) in [6.07, 6.45) is 2.40. The van der Waals surface area contributed by atoms with Crippen LogP contribution in [0.4, 0.5) is 5.69 Å². The van der Waals surface area contributed by atoms with Crippen LogP contribution in [0.3, 0.4) is 0 Å². The summed E-state index contributed by atoms with van der Waals surface area (Å²) in [7, 11) is -4.00. The van der Waals surface area contributed by atoms with Gasteiger partial charge in [0.15, 0.2) is 0 Å². The van der Waals surface area contributed by atoms with E-state index in [1.165, 1.54) is 24.3 Å². The van der Waals surface area contributed by atoms with Gasteiger partial charge >= 0.3 is 0 Å². The molecule has 34 heavy (non-hydrogen) atoms. The van der Waals surface area contributed by atoms with E-state index in [1.54, 1.807) is 42.3 Å². The Kier molecular flexibility index (Phi) is 9.74. The van der Waals surface area contributed by atoms with E-state index in [2.05, 4.69) is 5.32 Å². The minimum atomic E-state index is -4.00. The van der Waals surface area contributed by atoms with Crippen molar-refractivity contribution in [3.05, 3.63) is 77.7 Å². The van der Waals surface area contributed by atoms with E-state index < -0.39 is 10.0 Å². The molecule has 1 N–H and O–H groups in total. The summed E-state index contributed by atoms with van der Waals surface area (Å²) < 4.78 is 38.6. The molecule has 7 nitrogen and oxygen atoms in total. The standard InChI is InChI=1S/C24H27ClN2O5S2/c1-2-31-21-10-8-20(9-11-21)27(34(29,30)23-12-6-19(25)7-13-23)17-24(28)26-14-4-16-33-18-22-5-3-15-32-22/h3,5-13,15H,2,4,14,16-18H2,1H3,(H,26,28). The lowest BCUT2D eigenvalue weighted by molar-refractivity contribution is -0.119. The number of amides is 1. The van der Waals surface area contributed by atoms with Gasteiger partial charge in [-0.3, -0.25) is 9.10 Å². The van der Waals surface area contributed by atoms with Crippen molar-refractivity contribution in [2.75, 3.05) is 29.8 Å². The van der Waals surface area contributed by atoms with E-state index in [9.17, 15) is 13.2 Å². The average Bonchev–Trinajstić information content (AvgIpc) is 3.34. The first-order valence-corrected chi connectivity index (χ1v) is 13.8. The molecule has 10 heteroatoms. The molecule has 1 amide bonds. The molecule has 0 saturated carbocycles. The van der Waals surface area contributed by atoms with Gasteiger partial charge in [-0.25, -0.2) is 8.42 Å². The maximum absolute atomic E-state index is 13.4. The molecule has 0 bridgehead atoms. The first kappa shape index (κ1) is 26.0. The number of ether oxygens (including phenoxy) is 1. The molecule has 3 aromatic rings. The first-order chi connectivity index (χ1) is 16.4. The number of nitrogens with zero attached hydrogens (tertiary/aromatic N) is 1. The maximum Gasteiger partial charge on any atom is 0.264 e. The third kappa shape index (κ3) is 7.44. The molecule has 0 aliphatic rings. The van der Waals surface area contributed by atoms with Gasteiger partial charge in [0.2, 0.25) is 5.91 Å². The number of hydrogen-bond donors (Lipinski definition) is 1. The quantitative estimate of drug-likeness (QED) is 0.319. The molecule has 0 atom stereocenters. The van der Waals surface area contributed by atoms with Crippen molar-refractivity contribution in [1.29, 1.82) is 0 Å². The zero-order valence-electron chi connectivity index (χ0n) is 18.8. The van der Waals surface area contributed by atoms with Crippen LogP contribution in [0.25, 0.3) is 0 Å². The summed E-state index contributed by atoms with van der Waals surface area (Å²) in [4.78, 5) is 12.7. The molecule has 2 aromatic carbocycles. The summed E-state index contributed by atoms with van der Waals surface area (Å²) in [6.45, 7) is 2.46. The van der Waals surface area contributed by atoms with Gasteiger partial charge in [0, 0.05) is 11.6 Å². The lowest BCUT2D eigenvalue weighted by atomic mass is 10.3. The summed E-state index contributed by atoms with van der Waals surface area (Å²) in [5.74, 6) is 2.75. The van der Waals surface area contributed by atoms with Crippen LogP contribution in [0.15, 0.2) is 76.2 Å². The Morgan fingerprint density at radius 1 is 1.12 bits per heavy atom. The molecule has 3 rings (SSSR count). The monoisotopic (exact) mass is 522 g/mol. The fourth-order valence-corrected chi connectivity index (χ4v) is 5.49. The van der Waals surface area contributed by atoms with Crippen LogP contribution in [0.1, 0.15) is 19.1 Å². The number of hydrogen-bond acceptors (Lipinski definition) is 6. The van der Waals surface area contributed by atoms with E-state index >= 15 is 0 Å². The topological polar surface area (TPSA) is 88.8 Å². The predicted molar refractivity (Wildman–Crippen MR) is 136 cm³/mol. The highest BCUT2D eigenvalue weighted by Crippen LogP contribution is 2.26. The largest absolute Gasteiger partial charge is 0.494 e.